The highest BCUT2D eigenvalue weighted by atomic mass is 35.5. The number of hydrogen-bond donors (Lipinski definition) is 0. The number of aromatic nitrogens is 2. The van der Waals surface area contributed by atoms with E-state index in [1.54, 1.807) is 0 Å². The lowest BCUT2D eigenvalue weighted by molar-refractivity contribution is 0.257. The zero-order chi connectivity index (χ0) is 14.3. The first kappa shape index (κ1) is 13.9. The monoisotopic (exact) mass is 290 g/mol. The van der Waals surface area contributed by atoms with E-state index in [1.807, 2.05) is 6.92 Å². The largest absolute Gasteiger partial charge is 0.323 e. The summed E-state index contributed by atoms with van der Waals surface area (Å²) in [6.07, 6.45) is 5.23. The van der Waals surface area contributed by atoms with Gasteiger partial charge in [0.25, 0.3) is 0 Å². The third kappa shape index (κ3) is 2.24. The van der Waals surface area contributed by atoms with E-state index in [4.69, 9.17) is 16.6 Å². The molecular formula is C17H23ClN2. The summed E-state index contributed by atoms with van der Waals surface area (Å²) in [4.78, 5) is 4.81. The summed E-state index contributed by atoms with van der Waals surface area (Å²) in [7, 11) is 0. The van der Waals surface area contributed by atoms with Crippen LogP contribution >= 0.6 is 11.6 Å². The molecule has 0 spiro atoms. The van der Waals surface area contributed by atoms with Crippen molar-refractivity contribution in [2.24, 2.45) is 5.92 Å². The molecule has 2 nitrogen and oxygen atoms in total. The Hall–Kier alpha value is -1.02. The summed E-state index contributed by atoms with van der Waals surface area (Å²) < 4.78 is 2.45. The van der Waals surface area contributed by atoms with Gasteiger partial charge in [-0.25, -0.2) is 4.98 Å². The molecule has 0 N–H and O–H groups in total. The van der Waals surface area contributed by atoms with Crippen molar-refractivity contribution in [2.45, 2.75) is 57.9 Å². The van der Waals surface area contributed by atoms with Crippen molar-refractivity contribution in [1.29, 1.82) is 0 Å². The first-order valence-electron chi connectivity index (χ1n) is 7.71. The number of fused-ring (bicyclic) bond motifs is 1. The Labute approximate surface area is 126 Å². The number of imidazole rings is 1. The summed E-state index contributed by atoms with van der Waals surface area (Å²) in [6.45, 7) is 6.58. The second-order valence-electron chi connectivity index (χ2n) is 6.23. The molecular weight excluding hydrogens is 268 g/mol. The van der Waals surface area contributed by atoms with Gasteiger partial charge in [-0.15, -0.1) is 11.6 Å². The first-order chi connectivity index (χ1) is 9.59. The molecule has 0 radical (unpaired) electrons. The molecule has 1 aliphatic carbocycles. The van der Waals surface area contributed by atoms with Gasteiger partial charge in [0.15, 0.2) is 0 Å². The fourth-order valence-corrected chi connectivity index (χ4v) is 3.79. The molecule has 1 heterocycles. The highest BCUT2D eigenvalue weighted by Gasteiger charge is 2.28. The van der Waals surface area contributed by atoms with E-state index >= 15 is 0 Å². The smallest absolute Gasteiger partial charge is 0.127 e. The van der Waals surface area contributed by atoms with Crippen molar-refractivity contribution in [1.82, 2.24) is 9.55 Å². The molecule has 1 saturated carbocycles. The minimum atomic E-state index is -0.0454. The molecule has 0 aliphatic heterocycles. The van der Waals surface area contributed by atoms with Crippen LogP contribution in [0, 0.1) is 12.8 Å². The van der Waals surface area contributed by atoms with Crippen LogP contribution in [0.1, 0.15) is 62.3 Å². The van der Waals surface area contributed by atoms with Gasteiger partial charge in [-0.1, -0.05) is 31.9 Å². The summed E-state index contributed by atoms with van der Waals surface area (Å²) in [5.41, 5.74) is 3.68. The van der Waals surface area contributed by atoms with E-state index in [0.717, 1.165) is 11.3 Å². The molecule has 1 aromatic heterocycles. The number of benzene rings is 1. The topological polar surface area (TPSA) is 17.8 Å². The average Bonchev–Trinajstić information content (AvgIpc) is 2.80. The van der Waals surface area contributed by atoms with Crippen LogP contribution in [0.4, 0.5) is 0 Å². The molecule has 20 heavy (non-hydrogen) atoms. The van der Waals surface area contributed by atoms with Crippen LogP contribution < -0.4 is 0 Å². The number of rotatable bonds is 2. The molecule has 108 valence electrons. The maximum Gasteiger partial charge on any atom is 0.127 e. The van der Waals surface area contributed by atoms with Crippen molar-refractivity contribution >= 4 is 22.6 Å². The van der Waals surface area contributed by atoms with Gasteiger partial charge in [-0.2, -0.15) is 0 Å². The Bertz CT molecular complexity index is 615. The van der Waals surface area contributed by atoms with Crippen molar-refractivity contribution in [3.05, 3.63) is 29.6 Å². The summed E-state index contributed by atoms with van der Waals surface area (Å²) in [6, 6.07) is 6.92. The van der Waals surface area contributed by atoms with E-state index < -0.39 is 0 Å². The molecule has 2 aromatic rings. The molecule has 0 amide bonds. The second-order valence-corrected chi connectivity index (χ2v) is 6.88. The highest BCUT2D eigenvalue weighted by Crippen LogP contribution is 2.39. The number of halogens is 1. The molecule has 3 atom stereocenters. The Morgan fingerprint density at radius 2 is 2.05 bits per heavy atom. The van der Waals surface area contributed by atoms with Crippen LogP contribution in [-0.2, 0) is 0 Å². The maximum atomic E-state index is 6.42. The van der Waals surface area contributed by atoms with Crippen molar-refractivity contribution < 1.29 is 0 Å². The summed E-state index contributed by atoms with van der Waals surface area (Å²) in [5, 5.41) is -0.0454. The van der Waals surface area contributed by atoms with Gasteiger partial charge in [0.05, 0.1) is 16.4 Å². The molecule has 3 heteroatoms. The van der Waals surface area contributed by atoms with Crippen LogP contribution in [-0.4, -0.2) is 9.55 Å². The maximum absolute atomic E-state index is 6.42. The Balaban J connectivity index is 2.22. The number of alkyl halides is 1. The number of aryl methyl sites for hydroxylation is 1. The van der Waals surface area contributed by atoms with Crippen LogP contribution in [0.5, 0.6) is 0 Å². The molecule has 1 aromatic carbocycles. The van der Waals surface area contributed by atoms with E-state index in [-0.39, 0.29) is 5.38 Å². The zero-order valence-electron chi connectivity index (χ0n) is 12.6. The van der Waals surface area contributed by atoms with Gasteiger partial charge < -0.3 is 4.57 Å². The predicted molar refractivity (Wildman–Crippen MR) is 85.4 cm³/mol. The number of hydrogen-bond acceptors (Lipinski definition) is 1. The van der Waals surface area contributed by atoms with Crippen molar-refractivity contribution in [3.63, 3.8) is 0 Å². The zero-order valence-corrected chi connectivity index (χ0v) is 13.3. The van der Waals surface area contributed by atoms with Crippen LogP contribution in [0.2, 0.25) is 0 Å². The van der Waals surface area contributed by atoms with E-state index in [2.05, 4.69) is 36.6 Å². The lowest BCUT2D eigenvalue weighted by atomic mass is 9.85. The van der Waals surface area contributed by atoms with Crippen LogP contribution in [0.25, 0.3) is 11.0 Å². The molecule has 1 fully saturated rings. The van der Waals surface area contributed by atoms with Gasteiger partial charge in [0.2, 0.25) is 0 Å². The van der Waals surface area contributed by atoms with Gasteiger partial charge in [0.1, 0.15) is 5.82 Å². The number of nitrogens with zero attached hydrogens (tertiary/aromatic N) is 2. The molecule has 0 bridgehead atoms. The normalized spacial score (nSPS) is 25.0. The van der Waals surface area contributed by atoms with Crippen LogP contribution in [0.15, 0.2) is 18.2 Å². The minimum Gasteiger partial charge on any atom is -0.323 e. The molecule has 0 saturated heterocycles. The molecule has 3 unspecified atom stereocenters. The second kappa shape index (κ2) is 5.40. The first-order valence-corrected chi connectivity index (χ1v) is 8.14. The lowest BCUT2D eigenvalue weighted by Crippen LogP contribution is -2.23. The fraction of sp³-hybridized carbons (Fsp3) is 0.588. The Kier molecular flexibility index (Phi) is 3.76. The highest BCUT2D eigenvalue weighted by molar-refractivity contribution is 6.20. The van der Waals surface area contributed by atoms with Crippen LogP contribution in [0.3, 0.4) is 0 Å². The SMILES string of the molecule is Cc1cccc2nc(C(C)Cl)n(C3CCCCC3C)c12. The summed E-state index contributed by atoms with van der Waals surface area (Å²) >= 11 is 6.42. The van der Waals surface area contributed by atoms with Gasteiger partial charge in [-0.3, -0.25) is 0 Å². The van der Waals surface area contributed by atoms with Crippen molar-refractivity contribution in [2.75, 3.05) is 0 Å². The predicted octanol–water partition coefficient (Wildman–Crippen LogP) is 5.40. The number of para-hydroxylation sites is 1. The van der Waals surface area contributed by atoms with Gasteiger partial charge in [0, 0.05) is 6.04 Å². The Morgan fingerprint density at radius 3 is 2.75 bits per heavy atom. The third-order valence-electron chi connectivity index (χ3n) is 4.69. The third-order valence-corrected chi connectivity index (χ3v) is 4.89. The van der Waals surface area contributed by atoms with Gasteiger partial charge >= 0.3 is 0 Å². The standard InChI is InChI=1S/C17H23ClN2/c1-11-7-4-5-10-15(11)20-16-12(2)8-6-9-14(16)19-17(20)13(3)18/h6,8-9,11,13,15H,4-5,7,10H2,1-3H3. The van der Waals surface area contributed by atoms with Gasteiger partial charge in [-0.05, 0) is 44.2 Å². The van der Waals surface area contributed by atoms with E-state index in [1.165, 1.54) is 36.8 Å². The average molecular weight is 291 g/mol. The minimum absolute atomic E-state index is 0.0454. The molecule has 1 aliphatic rings. The lowest BCUT2D eigenvalue weighted by Gasteiger charge is -2.32. The quantitative estimate of drug-likeness (QED) is 0.678. The fourth-order valence-electron chi connectivity index (χ4n) is 3.64. The van der Waals surface area contributed by atoms with E-state index in [9.17, 15) is 0 Å². The summed E-state index contributed by atoms with van der Waals surface area (Å²) in [5.74, 6) is 1.74. The Morgan fingerprint density at radius 1 is 1.30 bits per heavy atom. The molecule has 3 rings (SSSR count). The van der Waals surface area contributed by atoms with E-state index in [0.29, 0.717) is 12.0 Å². The van der Waals surface area contributed by atoms with Crippen molar-refractivity contribution in [3.8, 4) is 0 Å².